The molecule has 2 aromatic carbocycles. The normalized spacial score (nSPS) is 20.8. The van der Waals surface area contributed by atoms with Crippen LogP contribution in [0.25, 0.3) is 45.1 Å². The zero-order chi connectivity index (χ0) is 56.3. The van der Waals surface area contributed by atoms with Crippen LogP contribution in [0, 0.1) is 34.3 Å². The minimum atomic E-state index is -1.25. The van der Waals surface area contributed by atoms with Crippen LogP contribution in [0.15, 0.2) is 24.3 Å². The summed E-state index contributed by atoms with van der Waals surface area (Å²) in [6.07, 6.45) is 6.47. The predicted molar refractivity (Wildman–Crippen MR) is 325 cm³/mol. The molecule has 0 unspecified atom stereocenters. The summed E-state index contributed by atoms with van der Waals surface area (Å²) in [6.45, 7) is 37.3. The predicted octanol–water partition coefficient (Wildman–Crippen LogP) is 13.7. The summed E-state index contributed by atoms with van der Waals surface area (Å²) < 4.78 is 63.5. The van der Waals surface area contributed by atoms with Crippen molar-refractivity contribution in [1.29, 1.82) is 0 Å². The van der Waals surface area contributed by atoms with E-state index in [1.165, 1.54) is 47.5 Å². The quantitative estimate of drug-likeness (QED) is 0.0446. The van der Waals surface area contributed by atoms with Crippen LogP contribution < -0.4 is 10.6 Å². The highest BCUT2D eigenvalue weighted by atomic mass is 28.3. The van der Waals surface area contributed by atoms with Gasteiger partial charge in [-0.1, -0.05) is 92.4 Å². The van der Waals surface area contributed by atoms with E-state index in [-0.39, 0.29) is 18.4 Å². The molecule has 4 aliphatic carbocycles. The number of halogens is 2. The van der Waals surface area contributed by atoms with Gasteiger partial charge in [-0.05, 0) is 110 Å². The van der Waals surface area contributed by atoms with E-state index in [9.17, 15) is 0 Å². The van der Waals surface area contributed by atoms with Gasteiger partial charge in [0.1, 0.15) is 49.3 Å². The Morgan fingerprint density at radius 2 is 0.962 bits per heavy atom. The first-order valence-electron chi connectivity index (χ1n) is 28.8. The third kappa shape index (κ3) is 13.5. The number of nitrogens with zero attached hydrogens (tertiary/aromatic N) is 8. The first kappa shape index (κ1) is 58.6. The summed E-state index contributed by atoms with van der Waals surface area (Å²) in [4.78, 5) is 9.86. The van der Waals surface area contributed by atoms with Gasteiger partial charge in [-0.25, -0.2) is 28.1 Å². The second kappa shape index (κ2) is 22.4. The lowest BCUT2D eigenvalue weighted by molar-refractivity contribution is 0.0755. The number of aromatic nitrogens is 8. The van der Waals surface area contributed by atoms with Crippen molar-refractivity contribution in [3.8, 4) is 23.0 Å². The second-order valence-corrected chi connectivity index (χ2v) is 51.2. The highest BCUT2D eigenvalue weighted by Crippen LogP contribution is 2.61. The van der Waals surface area contributed by atoms with Crippen molar-refractivity contribution in [2.45, 2.75) is 182 Å². The van der Waals surface area contributed by atoms with Gasteiger partial charge in [-0.3, -0.25) is 9.13 Å². The lowest BCUT2D eigenvalue weighted by Gasteiger charge is -2.20. The van der Waals surface area contributed by atoms with E-state index in [0.29, 0.717) is 95.6 Å². The number of hydrogen-bond acceptors (Lipinski definition) is 10. The summed E-state index contributed by atoms with van der Waals surface area (Å²) >= 11 is 0. The maximum Gasteiger partial charge on any atom is 0.164 e. The first-order valence-corrected chi connectivity index (χ1v) is 43.6. The van der Waals surface area contributed by atoms with E-state index in [1.807, 2.05) is 21.3 Å². The van der Waals surface area contributed by atoms with Crippen LogP contribution in [-0.4, -0.2) is 111 Å². The van der Waals surface area contributed by atoms with E-state index in [1.54, 1.807) is 14.1 Å². The number of hydrogen-bond donors (Lipinski definition) is 2. The molecule has 0 amide bonds. The summed E-state index contributed by atoms with van der Waals surface area (Å²) in [7, 11) is -1.23. The van der Waals surface area contributed by atoms with Crippen LogP contribution in [0.2, 0.25) is 103 Å². The van der Waals surface area contributed by atoms with Gasteiger partial charge < -0.3 is 29.6 Å². The molecule has 2 saturated carbocycles. The average molecular weight is 1140 g/mol. The van der Waals surface area contributed by atoms with Crippen molar-refractivity contribution in [2.24, 2.45) is 22.7 Å². The molecule has 4 aromatic heterocycles. The largest absolute Gasteiger partial charge is 0.388 e. The number of fused-ring (bicyclic) bond motifs is 6. The van der Waals surface area contributed by atoms with Crippen molar-refractivity contribution >= 4 is 65.7 Å². The van der Waals surface area contributed by atoms with Crippen molar-refractivity contribution in [2.75, 3.05) is 51.2 Å². The lowest BCUT2D eigenvalue weighted by atomic mass is 9.87. The summed E-state index contributed by atoms with van der Waals surface area (Å²) in [5.41, 5.74) is 11.0. The van der Waals surface area contributed by atoms with Crippen LogP contribution >= 0.6 is 0 Å². The Labute approximate surface area is 467 Å². The third-order valence-electron chi connectivity index (χ3n) is 16.9. The third-order valence-corrected chi connectivity index (χ3v) is 23.7. The zero-order valence-electron chi connectivity index (χ0n) is 50.2. The molecule has 4 heterocycles. The van der Waals surface area contributed by atoms with Crippen LogP contribution in [-0.2, 0) is 71.6 Å². The van der Waals surface area contributed by atoms with Gasteiger partial charge in [0.15, 0.2) is 23.3 Å². The minimum absolute atomic E-state index is 0.252. The molecule has 428 valence electrons. The average Bonchev–Trinajstić information content (AvgIpc) is 4.14. The molecule has 14 nitrogen and oxygen atoms in total. The summed E-state index contributed by atoms with van der Waals surface area (Å²) in [5.74, 6) is 2.08. The topological polar surface area (TPSA) is 132 Å². The molecule has 78 heavy (non-hydrogen) atoms. The Balaban J connectivity index is 0.000000190. The Hall–Kier alpha value is -4.03. The van der Waals surface area contributed by atoms with Gasteiger partial charge in [0.25, 0.3) is 0 Å². The summed E-state index contributed by atoms with van der Waals surface area (Å²) in [6, 6.07) is 11.3. The zero-order valence-corrected chi connectivity index (χ0v) is 54.2. The first-order chi connectivity index (χ1) is 36.6. The molecule has 4 aliphatic rings. The smallest absolute Gasteiger partial charge is 0.164 e. The molecule has 4 atom stereocenters. The lowest BCUT2D eigenvalue weighted by Crippen LogP contribution is -2.23. The van der Waals surface area contributed by atoms with E-state index in [2.05, 4.69) is 112 Å². The molecular formula is C58H92F2N10O4Si4. The van der Waals surface area contributed by atoms with Gasteiger partial charge in [0.05, 0.1) is 11.0 Å². The summed E-state index contributed by atoms with van der Waals surface area (Å²) in [5, 5.41) is 16.4. The second-order valence-electron chi connectivity index (χ2n) is 28.7. The van der Waals surface area contributed by atoms with Crippen LogP contribution in [0.5, 0.6) is 0 Å². The maximum atomic E-state index is 15.5. The molecule has 0 radical (unpaired) electrons. The van der Waals surface area contributed by atoms with Crippen molar-refractivity contribution in [1.82, 2.24) is 38.7 Å². The molecule has 0 saturated heterocycles. The van der Waals surface area contributed by atoms with Gasteiger partial charge in [0, 0.05) is 107 Å². The Kier molecular flexibility index (Phi) is 16.8. The fraction of sp³-hybridized carbons (Fsp3) is 0.655. The van der Waals surface area contributed by atoms with E-state index in [4.69, 9.17) is 39.1 Å². The van der Waals surface area contributed by atoms with Crippen molar-refractivity contribution in [3.05, 3.63) is 58.4 Å². The van der Waals surface area contributed by atoms with Crippen LogP contribution in [0.1, 0.15) is 49.2 Å². The fourth-order valence-corrected chi connectivity index (χ4v) is 14.3. The molecule has 20 heteroatoms. The molecule has 0 bridgehead atoms. The molecule has 2 N–H and O–H groups in total. The van der Waals surface area contributed by atoms with Crippen molar-refractivity contribution < 1.29 is 27.7 Å². The number of imidazole rings is 2. The highest BCUT2D eigenvalue weighted by Gasteiger charge is 2.55. The SMILES string of the molecule is CNc1cc(F)c2c(c1)nc(-c1nn(COCC[Si](C)(C)C)c3c1C[C@@H]1C[C@]1(C)C3)n2COCC[Si](C)(C)C.CNc1cc(F)c2nc(-c3nn(COCC[Si](C)(C)C)c4c3C[C@@H]3C[C@]3(C)C4)n(COCC[Si](C)(C)C)c2c1. The Morgan fingerprint density at radius 1 is 0.551 bits per heavy atom. The van der Waals surface area contributed by atoms with Gasteiger partial charge in [-0.15, -0.1) is 0 Å². The van der Waals surface area contributed by atoms with Gasteiger partial charge >= 0.3 is 0 Å². The van der Waals surface area contributed by atoms with Crippen molar-refractivity contribution in [3.63, 3.8) is 0 Å². The standard InChI is InChI=1S/2C29H46FN5O2Si2/c1-29-16-20(29)13-22-25(17-29)35(19-37-10-12-39(6,7)8)33-26(22)28-32-27-23(30)14-21(31-2)15-24(27)34(28)18-36-9-11-38(3,4)5;1-29-16-20(29)13-22-25(17-29)35(19-37-10-12-39(6,7)8)33-26(22)28-32-24-15-21(31-2)14-23(30)27(24)34(28)18-36-9-11-38(3,4)5/h2*14-15,20,31H,9-13,16-19H2,1-8H3/t2*20-,29-/m11/s1. The minimum Gasteiger partial charge on any atom is -0.388 e. The number of ether oxygens (including phenoxy) is 4. The fourth-order valence-electron chi connectivity index (χ4n) is 11.2. The molecule has 2 fully saturated rings. The molecular weight excluding hydrogens is 1050 g/mol. The maximum absolute atomic E-state index is 15.5. The van der Waals surface area contributed by atoms with E-state index >= 15 is 8.78 Å². The molecule has 0 aliphatic heterocycles. The Bertz CT molecular complexity index is 3030. The van der Waals surface area contributed by atoms with Gasteiger partial charge in [-0.2, -0.15) is 10.2 Å². The number of benzene rings is 2. The van der Waals surface area contributed by atoms with Gasteiger partial charge in [0.2, 0.25) is 0 Å². The highest BCUT2D eigenvalue weighted by molar-refractivity contribution is 6.77. The van der Waals surface area contributed by atoms with Crippen LogP contribution in [0.3, 0.4) is 0 Å². The number of rotatable bonds is 24. The molecule has 0 spiro atoms. The van der Waals surface area contributed by atoms with E-state index < -0.39 is 32.3 Å². The molecule has 10 rings (SSSR count). The number of nitrogens with one attached hydrogen (secondary N) is 2. The monoisotopic (exact) mass is 1140 g/mol. The van der Waals surface area contributed by atoms with Crippen LogP contribution in [0.4, 0.5) is 20.2 Å². The van der Waals surface area contributed by atoms with E-state index in [0.717, 1.165) is 80.0 Å². The molecule has 6 aromatic rings. The number of anilines is 2. The Morgan fingerprint density at radius 3 is 1.41 bits per heavy atom.